The Kier molecular flexibility index (Phi) is 1.73. The van der Waals surface area contributed by atoms with Crippen LogP contribution in [0.4, 0.5) is 0 Å². The minimum atomic E-state index is 0.238. The van der Waals surface area contributed by atoms with Gasteiger partial charge in [0.1, 0.15) is 16.7 Å². The van der Waals surface area contributed by atoms with E-state index >= 15 is 0 Å². The summed E-state index contributed by atoms with van der Waals surface area (Å²) in [6.45, 7) is 1.72. The van der Waals surface area contributed by atoms with E-state index in [9.17, 15) is 4.79 Å². The SMILES string of the molecule is Cc1nc2nc(Cl)cc(C=O)n2n1. The molecule has 0 radical (unpaired) electrons. The molecule has 0 unspecified atom stereocenters. The van der Waals surface area contributed by atoms with Crippen molar-refractivity contribution in [2.75, 3.05) is 0 Å². The first-order valence-electron chi connectivity index (χ1n) is 3.56. The molecule has 13 heavy (non-hydrogen) atoms. The molecule has 0 amide bonds. The van der Waals surface area contributed by atoms with Crippen molar-refractivity contribution in [2.45, 2.75) is 6.92 Å². The molecule has 0 N–H and O–H groups in total. The van der Waals surface area contributed by atoms with Crippen molar-refractivity contribution in [3.63, 3.8) is 0 Å². The van der Waals surface area contributed by atoms with Crippen LogP contribution in [0.1, 0.15) is 16.3 Å². The predicted octanol–water partition coefficient (Wildman–Crippen LogP) is 0.899. The van der Waals surface area contributed by atoms with E-state index < -0.39 is 0 Å². The van der Waals surface area contributed by atoms with E-state index in [2.05, 4.69) is 15.1 Å². The summed E-state index contributed by atoms with van der Waals surface area (Å²) in [7, 11) is 0. The lowest BCUT2D eigenvalue weighted by molar-refractivity contribution is 0.111. The highest BCUT2D eigenvalue weighted by Crippen LogP contribution is 2.08. The number of fused-ring (bicyclic) bond motifs is 1. The molecule has 66 valence electrons. The van der Waals surface area contributed by atoms with Gasteiger partial charge in [-0.2, -0.15) is 14.5 Å². The Hall–Kier alpha value is -1.49. The maximum Gasteiger partial charge on any atom is 0.254 e. The smallest absolute Gasteiger partial charge is 0.254 e. The number of nitrogens with zero attached hydrogens (tertiary/aromatic N) is 4. The van der Waals surface area contributed by atoms with Gasteiger partial charge < -0.3 is 0 Å². The normalized spacial score (nSPS) is 10.6. The topological polar surface area (TPSA) is 60.2 Å². The summed E-state index contributed by atoms with van der Waals surface area (Å²) < 4.78 is 1.36. The van der Waals surface area contributed by atoms with Crippen molar-refractivity contribution in [1.29, 1.82) is 0 Å². The molecule has 0 bridgehead atoms. The lowest BCUT2D eigenvalue weighted by Gasteiger charge is -1.94. The number of hydrogen-bond acceptors (Lipinski definition) is 4. The molecule has 0 aliphatic carbocycles. The average molecular weight is 197 g/mol. The molecule has 0 saturated carbocycles. The fourth-order valence-electron chi connectivity index (χ4n) is 1.04. The molecule has 0 aliphatic rings. The van der Waals surface area contributed by atoms with Crippen LogP contribution < -0.4 is 0 Å². The van der Waals surface area contributed by atoms with E-state index in [4.69, 9.17) is 11.6 Å². The highest BCUT2D eigenvalue weighted by Gasteiger charge is 2.06. The fraction of sp³-hybridized carbons (Fsp3) is 0.143. The van der Waals surface area contributed by atoms with E-state index in [1.165, 1.54) is 10.6 Å². The van der Waals surface area contributed by atoms with Crippen LogP contribution in [0.5, 0.6) is 0 Å². The standard InChI is InChI=1S/C7H5ClN4O/c1-4-9-7-10-6(8)2-5(3-13)12(7)11-4/h2-3H,1H3. The summed E-state index contributed by atoms with van der Waals surface area (Å²) in [6, 6.07) is 1.44. The van der Waals surface area contributed by atoms with E-state index in [1.807, 2.05) is 0 Å². The highest BCUT2D eigenvalue weighted by molar-refractivity contribution is 6.29. The number of aldehydes is 1. The van der Waals surface area contributed by atoms with E-state index in [0.717, 1.165) is 0 Å². The fourth-order valence-corrected chi connectivity index (χ4v) is 1.23. The Balaban J connectivity index is 2.88. The lowest BCUT2D eigenvalue weighted by atomic mass is 10.4. The van der Waals surface area contributed by atoms with Gasteiger partial charge in [-0.1, -0.05) is 11.6 Å². The molecule has 2 aromatic heterocycles. The third-order valence-corrected chi connectivity index (χ3v) is 1.73. The summed E-state index contributed by atoms with van der Waals surface area (Å²) in [5.74, 6) is 0.893. The van der Waals surface area contributed by atoms with Crippen LogP contribution in [0.15, 0.2) is 6.07 Å². The van der Waals surface area contributed by atoms with E-state index in [-0.39, 0.29) is 5.15 Å². The maximum atomic E-state index is 10.6. The largest absolute Gasteiger partial charge is 0.296 e. The molecular weight excluding hydrogens is 192 g/mol. The van der Waals surface area contributed by atoms with Crippen LogP contribution in [0.25, 0.3) is 5.78 Å². The van der Waals surface area contributed by atoms with Crippen molar-refractivity contribution in [1.82, 2.24) is 19.6 Å². The molecule has 2 rings (SSSR count). The van der Waals surface area contributed by atoms with E-state index in [0.29, 0.717) is 23.6 Å². The lowest BCUT2D eigenvalue weighted by Crippen LogP contribution is -1.99. The van der Waals surface area contributed by atoms with Gasteiger partial charge in [0.25, 0.3) is 5.78 Å². The first-order chi connectivity index (χ1) is 6.20. The third-order valence-electron chi connectivity index (χ3n) is 1.54. The third kappa shape index (κ3) is 1.27. The van der Waals surface area contributed by atoms with Gasteiger partial charge in [-0.25, -0.2) is 0 Å². The highest BCUT2D eigenvalue weighted by atomic mass is 35.5. The van der Waals surface area contributed by atoms with Gasteiger partial charge in [0, 0.05) is 6.07 Å². The molecule has 0 fully saturated rings. The van der Waals surface area contributed by atoms with Crippen molar-refractivity contribution >= 4 is 23.7 Å². The van der Waals surface area contributed by atoms with Gasteiger partial charge in [-0.15, -0.1) is 5.10 Å². The Morgan fingerprint density at radius 2 is 2.31 bits per heavy atom. The van der Waals surface area contributed by atoms with Crippen LogP contribution in [0.2, 0.25) is 5.15 Å². The number of rotatable bonds is 1. The molecule has 0 aromatic carbocycles. The number of carbonyl (C=O) groups excluding carboxylic acids is 1. The minimum absolute atomic E-state index is 0.238. The van der Waals surface area contributed by atoms with Crippen molar-refractivity contribution in [3.05, 3.63) is 22.7 Å². The zero-order valence-corrected chi connectivity index (χ0v) is 7.49. The van der Waals surface area contributed by atoms with Crippen molar-refractivity contribution in [3.8, 4) is 0 Å². The zero-order chi connectivity index (χ0) is 9.42. The molecule has 2 heterocycles. The number of halogens is 1. The quantitative estimate of drug-likeness (QED) is 0.502. The maximum absolute atomic E-state index is 10.6. The summed E-state index contributed by atoms with van der Waals surface area (Å²) in [5.41, 5.74) is 0.343. The first kappa shape index (κ1) is 8.12. The molecule has 2 aromatic rings. The van der Waals surface area contributed by atoms with E-state index in [1.54, 1.807) is 6.92 Å². The average Bonchev–Trinajstić information content (AvgIpc) is 2.43. The van der Waals surface area contributed by atoms with Crippen molar-refractivity contribution < 1.29 is 4.79 Å². The Bertz CT molecular complexity index is 479. The minimum Gasteiger partial charge on any atom is -0.296 e. The molecular formula is C7H5ClN4O. The van der Waals surface area contributed by atoms with Gasteiger partial charge >= 0.3 is 0 Å². The predicted molar refractivity (Wildman–Crippen MR) is 45.9 cm³/mol. The second-order valence-corrected chi connectivity index (χ2v) is 2.88. The molecule has 6 heteroatoms. The molecule has 0 spiro atoms. The summed E-state index contributed by atoms with van der Waals surface area (Å²) in [5, 5.41) is 4.22. The van der Waals surface area contributed by atoms with Crippen LogP contribution >= 0.6 is 11.6 Å². The molecule has 0 atom stereocenters. The molecule has 0 aliphatic heterocycles. The second-order valence-electron chi connectivity index (χ2n) is 2.49. The number of hydrogen-bond donors (Lipinski definition) is 0. The summed E-state index contributed by atoms with van der Waals surface area (Å²) in [6.07, 6.45) is 0.661. The monoisotopic (exact) mass is 196 g/mol. The Morgan fingerprint density at radius 3 is 3.00 bits per heavy atom. The van der Waals surface area contributed by atoms with Crippen LogP contribution in [-0.4, -0.2) is 25.9 Å². The number of aromatic nitrogens is 4. The zero-order valence-electron chi connectivity index (χ0n) is 6.73. The molecule has 0 saturated heterocycles. The first-order valence-corrected chi connectivity index (χ1v) is 3.93. The van der Waals surface area contributed by atoms with Gasteiger partial charge in [0.15, 0.2) is 6.29 Å². The van der Waals surface area contributed by atoms with Gasteiger partial charge in [-0.3, -0.25) is 4.79 Å². The van der Waals surface area contributed by atoms with Crippen LogP contribution in [0, 0.1) is 6.92 Å². The van der Waals surface area contributed by atoms with Gasteiger partial charge in [0.2, 0.25) is 0 Å². The Morgan fingerprint density at radius 1 is 1.54 bits per heavy atom. The summed E-state index contributed by atoms with van der Waals surface area (Å²) in [4.78, 5) is 18.5. The number of carbonyl (C=O) groups is 1. The second kappa shape index (κ2) is 2.77. The van der Waals surface area contributed by atoms with Gasteiger partial charge in [-0.05, 0) is 6.92 Å². The Labute approximate surface area is 78.4 Å². The van der Waals surface area contributed by atoms with Gasteiger partial charge in [0.05, 0.1) is 0 Å². The summed E-state index contributed by atoms with van der Waals surface area (Å²) >= 11 is 5.66. The van der Waals surface area contributed by atoms with Crippen molar-refractivity contribution in [2.24, 2.45) is 0 Å². The van der Waals surface area contributed by atoms with Crippen LogP contribution in [0.3, 0.4) is 0 Å². The molecule has 5 nitrogen and oxygen atoms in total. The van der Waals surface area contributed by atoms with Crippen LogP contribution in [-0.2, 0) is 0 Å². The number of aryl methyl sites for hydroxylation is 1.